The van der Waals surface area contributed by atoms with Crippen LogP contribution in [-0.2, 0) is 14.3 Å². The predicted molar refractivity (Wildman–Crippen MR) is 105 cm³/mol. The first-order valence-electron chi connectivity index (χ1n) is 10.0. The van der Waals surface area contributed by atoms with Gasteiger partial charge in [0.2, 0.25) is 6.29 Å². The molecule has 5 nitrogen and oxygen atoms in total. The lowest BCUT2D eigenvalue weighted by atomic mass is 10.1. The van der Waals surface area contributed by atoms with Crippen molar-refractivity contribution < 1.29 is 24.1 Å². The fourth-order valence-electron chi connectivity index (χ4n) is 2.99. The molecule has 1 aromatic rings. The molecule has 0 fully saturated rings. The molecule has 0 radical (unpaired) electrons. The third-order valence-electron chi connectivity index (χ3n) is 4.69. The predicted octanol–water partition coefficient (Wildman–Crippen LogP) is 5.61. The summed E-state index contributed by atoms with van der Waals surface area (Å²) < 4.78 is 16.9. The Morgan fingerprint density at radius 1 is 1.15 bits per heavy atom. The molecule has 5 heteroatoms. The summed E-state index contributed by atoms with van der Waals surface area (Å²) in [5.74, 6) is -0.476. The molecule has 1 unspecified atom stereocenters. The molecule has 27 heavy (non-hydrogen) atoms. The number of unbranched alkanes of at least 4 members (excludes halogenated alkanes) is 6. The van der Waals surface area contributed by atoms with Gasteiger partial charge < -0.3 is 19.3 Å². The van der Waals surface area contributed by atoms with E-state index >= 15 is 0 Å². The van der Waals surface area contributed by atoms with Gasteiger partial charge in [0.25, 0.3) is 0 Å². The molecule has 0 aliphatic carbocycles. The number of carboxylic acids is 1. The van der Waals surface area contributed by atoms with E-state index < -0.39 is 18.4 Å². The average molecular weight is 376 g/mol. The Hall–Kier alpha value is -2.01. The maximum absolute atomic E-state index is 10.8. The van der Waals surface area contributed by atoms with Crippen molar-refractivity contribution in [2.75, 3.05) is 6.61 Å². The van der Waals surface area contributed by atoms with Gasteiger partial charge in [0.1, 0.15) is 5.75 Å². The molecule has 0 aromatic heterocycles. The molecule has 0 bridgehead atoms. The van der Waals surface area contributed by atoms with Crippen LogP contribution in [-0.4, -0.2) is 23.8 Å². The Kier molecular flexibility index (Phi) is 9.19. The standard InChI is InChI=1S/C22H32O5/c1-3-4-5-6-7-8-9-10-18-15-25-22(26-16-18)19-11-13-20(14-12-19)27-17(2)21(23)24/h11-15,17,22H,3-10,16H2,1-2H3,(H,23,24)/t17-,22?/m1/s1. The average Bonchev–Trinajstić information content (AvgIpc) is 2.68. The number of benzene rings is 1. The first-order chi connectivity index (χ1) is 13.1. The van der Waals surface area contributed by atoms with Gasteiger partial charge in [-0.2, -0.15) is 0 Å². The fourth-order valence-corrected chi connectivity index (χ4v) is 2.99. The molecule has 2 atom stereocenters. The van der Waals surface area contributed by atoms with Gasteiger partial charge in [-0.05, 0) is 49.6 Å². The Morgan fingerprint density at radius 2 is 1.81 bits per heavy atom. The summed E-state index contributed by atoms with van der Waals surface area (Å²) in [7, 11) is 0. The van der Waals surface area contributed by atoms with Gasteiger partial charge in [0.15, 0.2) is 6.10 Å². The highest BCUT2D eigenvalue weighted by Gasteiger charge is 2.18. The van der Waals surface area contributed by atoms with E-state index in [1.54, 1.807) is 12.1 Å². The molecule has 0 spiro atoms. The van der Waals surface area contributed by atoms with Crippen LogP contribution in [0.4, 0.5) is 0 Å². The first-order valence-corrected chi connectivity index (χ1v) is 10.0. The van der Waals surface area contributed by atoms with Crippen molar-refractivity contribution >= 4 is 5.97 Å². The number of hydrogen-bond donors (Lipinski definition) is 1. The molecule has 1 N–H and O–H groups in total. The molecular weight excluding hydrogens is 344 g/mol. The number of carbonyl (C=O) groups is 1. The van der Waals surface area contributed by atoms with Gasteiger partial charge in [-0.3, -0.25) is 0 Å². The molecule has 1 aliphatic heterocycles. The van der Waals surface area contributed by atoms with Crippen LogP contribution in [0.1, 0.15) is 77.1 Å². The lowest BCUT2D eigenvalue weighted by molar-refractivity contribution is -0.144. The number of carboxylic acid groups (broad SMARTS) is 1. The summed E-state index contributed by atoms with van der Waals surface area (Å²) in [5.41, 5.74) is 2.09. The van der Waals surface area contributed by atoms with Crippen molar-refractivity contribution in [1.29, 1.82) is 0 Å². The SMILES string of the molecule is CCCCCCCCCC1=COC(c2ccc(O[C@H](C)C(=O)O)cc2)OC1. The van der Waals surface area contributed by atoms with E-state index in [0.717, 1.165) is 12.0 Å². The van der Waals surface area contributed by atoms with Crippen LogP contribution >= 0.6 is 0 Å². The highest BCUT2D eigenvalue weighted by molar-refractivity contribution is 5.72. The van der Waals surface area contributed by atoms with Gasteiger partial charge in [0, 0.05) is 5.56 Å². The smallest absolute Gasteiger partial charge is 0.344 e. The third-order valence-corrected chi connectivity index (χ3v) is 4.69. The molecule has 150 valence electrons. The summed E-state index contributed by atoms with van der Waals surface area (Å²) in [6, 6.07) is 7.14. The lowest BCUT2D eigenvalue weighted by Crippen LogP contribution is -2.22. The van der Waals surface area contributed by atoms with Crippen LogP contribution in [0.5, 0.6) is 5.75 Å². The van der Waals surface area contributed by atoms with Crippen LogP contribution in [0, 0.1) is 0 Å². The monoisotopic (exact) mass is 376 g/mol. The summed E-state index contributed by atoms with van der Waals surface area (Å²) in [5, 5.41) is 8.88. The normalized spacial score (nSPS) is 17.7. The molecule has 1 heterocycles. The zero-order chi connectivity index (χ0) is 19.5. The van der Waals surface area contributed by atoms with Crippen molar-refractivity contribution in [2.24, 2.45) is 0 Å². The Bertz CT molecular complexity index is 593. The second-order valence-electron chi connectivity index (χ2n) is 7.09. The fraction of sp³-hybridized carbons (Fsp3) is 0.591. The van der Waals surface area contributed by atoms with Crippen LogP contribution in [0.15, 0.2) is 36.1 Å². The summed E-state index contributed by atoms with van der Waals surface area (Å²) in [6.07, 6.45) is 10.7. The van der Waals surface area contributed by atoms with E-state index in [2.05, 4.69) is 6.92 Å². The van der Waals surface area contributed by atoms with E-state index in [0.29, 0.717) is 12.4 Å². The van der Waals surface area contributed by atoms with E-state index in [9.17, 15) is 4.79 Å². The maximum atomic E-state index is 10.8. The zero-order valence-corrected chi connectivity index (χ0v) is 16.5. The van der Waals surface area contributed by atoms with Crippen LogP contribution in [0.3, 0.4) is 0 Å². The van der Waals surface area contributed by atoms with Crippen LogP contribution < -0.4 is 4.74 Å². The van der Waals surface area contributed by atoms with Crippen molar-refractivity contribution in [2.45, 2.75) is 77.6 Å². The van der Waals surface area contributed by atoms with Gasteiger partial charge in [0.05, 0.1) is 12.9 Å². The second-order valence-corrected chi connectivity index (χ2v) is 7.09. The van der Waals surface area contributed by atoms with E-state index in [4.69, 9.17) is 19.3 Å². The van der Waals surface area contributed by atoms with Crippen molar-refractivity contribution in [3.8, 4) is 5.75 Å². The summed E-state index contributed by atoms with van der Waals surface area (Å²) in [6.45, 7) is 4.33. The minimum Gasteiger partial charge on any atom is -0.479 e. The van der Waals surface area contributed by atoms with Crippen molar-refractivity contribution in [1.82, 2.24) is 0 Å². The molecule has 2 rings (SSSR count). The highest BCUT2D eigenvalue weighted by Crippen LogP contribution is 2.28. The van der Waals surface area contributed by atoms with Crippen molar-refractivity contribution in [3.05, 3.63) is 41.7 Å². The van der Waals surface area contributed by atoms with Crippen LogP contribution in [0.25, 0.3) is 0 Å². The molecule has 1 aliphatic rings. The lowest BCUT2D eigenvalue weighted by Gasteiger charge is -2.24. The molecular formula is C22H32O5. The molecule has 0 saturated carbocycles. The molecule has 0 saturated heterocycles. The van der Waals surface area contributed by atoms with Crippen molar-refractivity contribution in [3.63, 3.8) is 0 Å². The number of aliphatic carboxylic acids is 1. The third kappa shape index (κ3) is 7.63. The number of rotatable bonds is 12. The minimum absolute atomic E-state index is 0.422. The highest BCUT2D eigenvalue weighted by atomic mass is 16.7. The minimum atomic E-state index is -0.989. The largest absolute Gasteiger partial charge is 0.479 e. The molecule has 1 aromatic carbocycles. The topological polar surface area (TPSA) is 65.0 Å². The van der Waals surface area contributed by atoms with Gasteiger partial charge >= 0.3 is 5.97 Å². The number of hydrogen-bond acceptors (Lipinski definition) is 4. The van der Waals surface area contributed by atoms with E-state index in [1.807, 2.05) is 18.4 Å². The zero-order valence-electron chi connectivity index (χ0n) is 16.5. The Balaban J connectivity index is 1.70. The first kappa shape index (κ1) is 21.3. The Labute approximate surface area is 162 Å². The molecule has 0 amide bonds. The maximum Gasteiger partial charge on any atom is 0.344 e. The summed E-state index contributed by atoms with van der Waals surface area (Å²) >= 11 is 0. The quantitative estimate of drug-likeness (QED) is 0.480. The van der Waals surface area contributed by atoms with Gasteiger partial charge in [-0.1, -0.05) is 45.4 Å². The summed E-state index contributed by atoms with van der Waals surface area (Å²) in [4.78, 5) is 10.8. The van der Waals surface area contributed by atoms with Gasteiger partial charge in [-0.25, -0.2) is 4.79 Å². The Morgan fingerprint density at radius 3 is 2.41 bits per heavy atom. The van der Waals surface area contributed by atoms with E-state index in [-0.39, 0.29) is 0 Å². The second kappa shape index (κ2) is 11.7. The van der Waals surface area contributed by atoms with Crippen LogP contribution in [0.2, 0.25) is 0 Å². The number of ether oxygens (including phenoxy) is 3. The van der Waals surface area contributed by atoms with E-state index in [1.165, 1.54) is 57.4 Å². The van der Waals surface area contributed by atoms with Gasteiger partial charge in [-0.15, -0.1) is 0 Å².